The van der Waals surface area contributed by atoms with E-state index in [1.54, 1.807) is 6.07 Å². The average molecular weight is 340 g/mol. The Balaban J connectivity index is 0.00000144. The molecule has 0 atom stereocenters. The Bertz CT molecular complexity index is 482. The third-order valence-electron chi connectivity index (χ3n) is 2.06. The van der Waals surface area contributed by atoms with Gasteiger partial charge >= 0.3 is 23.1 Å². The predicted octanol–water partition coefficient (Wildman–Crippen LogP) is 0.481. The summed E-state index contributed by atoms with van der Waals surface area (Å²) >= 11 is 5.63. The van der Waals surface area contributed by atoms with Crippen molar-refractivity contribution in [3.8, 4) is 5.75 Å². The third-order valence-corrected chi connectivity index (χ3v) is 2.35. The van der Waals surface area contributed by atoms with Crippen molar-refractivity contribution in [2.75, 3.05) is 0 Å². The molecule has 5 heteroatoms. The quantitative estimate of drug-likeness (QED) is 0.584. The van der Waals surface area contributed by atoms with Gasteiger partial charge in [-0.1, -0.05) is 11.6 Å². The van der Waals surface area contributed by atoms with Gasteiger partial charge in [0.15, 0.2) is 0 Å². The Morgan fingerprint density at radius 3 is 2.61 bits per heavy atom. The van der Waals surface area contributed by atoms with Crippen LogP contribution in [0.25, 0.3) is 0 Å². The monoisotopic (exact) mass is 338 g/mol. The van der Waals surface area contributed by atoms with Crippen molar-refractivity contribution in [1.82, 2.24) is 0 Å². The van der Waals surface area contributed by atoms with Gasteiger partial charge < -0.3 is 21.7 Å². The molecular formula is C13H9BrClFMgO. The normalized spacial score (nSPS) is 9.00. The van der Waals surface area contributed by atoms with Crippen LogP contribution in [0.3, 0.4) is 0 Å². The van der Waals surface area contributed by atoms with Gasteiger partial charge in [0.1, 0.15) is 11.6 Å². The summed E-state index contributed by atoms with van der Waals surface area (Å²) in [6, 6.07) is 14.8. The van der Waals surface area contributed by atoms with Crippen molar-refractivity contribution in [3.63, 3.8) is 0 Å². The van der Waals surface area contributed by atoms with Crippen LogP contribution in [0.4, 0.5) is 4.39 Å². The number of benzene rings is 2. The molecule has 0 N–H and O–H groups in total. The summed E-state index contributed by atoms with van der Waals surface area (Å²) in [5, 5.41) is 0.0644. The fraction of sp³-hybridized carbons (Fsp3) is 0.0769. The van der Waals surface area contributed by atoms with Crippen LogP contribution in [0.1, 0.15) is 5.56 Å². The number of rotatable bonds is 3. The minimum absolute atomic E-state index is 0. The Kier molecular flexibility index (Phi) is 8.60. The summed E-state index contributed by atoms with van der Waals surface area (Å²) in [6.07, 6.45) is 0. The molecule has 2 rings (SSSR count). The zero-order valence-corrected chi connectivity index (χ0v) is 13.3. The largest absolute Gasteiger partial charge is 2.00 e. The van der Waals surface area contributed by atoms with Crippen LogP contribution >= 0.6 is 11.6 Å². The zero-order chi connectivity index (χ0) is 11.4. The molecule has 0 radical (unpaired) electrons. The first-order valence-electron chi connectivity index (χ1n) is 4.79. The standard InChI is InChI=1S/C13H9ClFO.BrH.Mg/c14-12-8-11(6-7-13(12)15)16-9-10-4-2-1-3-5-10;;/h1-4,6-8H,9H2;1H;/q-1;;+2/p-1. The average Bonchev–Trinajstić information content (AvgIpc) is 2.32. The van der Waals surface area contributed by atoms with Crippen LogP contribution < -0.4 is 21.7 Å². The van der Waals surface area contributed by atoms with E-state index in [1.165, 1.54) is 12.1 Å². The summed E-state index contributed by atoms with van der Waals surface area (Å²) in [5.74, 6) is 0.101. The van der Waals surface area contributed by atoms with E-state index in [4.69, 9.17) is 16.3 Å². The van der Waals surface area contributed by atoms with Gasteiger partial charge in [0.2, 0.25) is 0 Å². The maximum Gasteiger partial charge on any atom is 2.00 e. The van der Waals surface area contributed by atoms with E-state index < -0.39 is 5.82 Å². The molecule has 0 aliphatic carbocycles. The van der Waals surface area contributed by atoms with E-state index in [2.05, 4.69) is 6.07 Å². The van der Waals surface area contributed by atoms with Crippen LogP contribution in [0.15, 0.2) is 42.5 Å². The van der Waals surface area contributed by atoms with E-state index in [0.717, 1.165) is 5.56 Å². The van der Waals surface area contributed by atoms with Crippen LogP contribution in [0.2, 0.25) is 5.02 Å². The molecule has 0 amide bonds. The molecule has 0 saturated carbocycles. The fourth-order valence-corrected chi connectivity index (χ4v) is 1.42. The van der Waals surface area contributed by atoms with Crippen LogP contribution in [0, 0.1) is 11.9 Å². The molecule has 0 saturated heterocycles. The molecule has 0 unspecified atom stereocenters. The first-order valence-corrected chi connectivity index (χ1v) is 5.17. The van der Waals surface area contributed by atoms with Gasteiger partial charge in [-0.25, -0.2) is 4.39 Å². The van der Waals surface area contributed by atoms with Gasteiger partial charge in [-0.05, 0) is 12.1 Å². The number of halogens is 3. The smallest absolute Gasteiger partial charge is 1.00 e. The Morgan fingerprint density at radius 2 is 2.00 bits per heavy atom. The van der Waals surface area contributed by atoms with Crippen molar-refractivity contribution in [2.24, 2.45) is 0 Å². The molecule has 1 nitrogen and oxygen atoms in total. The first-order chi connectivity index (χ1) is 7.75. The maximum atomic E-state index is 12.9. The van der Waals surface area contributed by atoms with Crippen LogP contribution in [-0.4, -0.2) is 23.1 Å². The molecule has 2 aromatic carbocycles. The summed E-state index contributed by atoms with van der Waals surface area (Å²) < 4.78 is 18.3. The molecule has 2 aromatic rings. The molecule has 0 aliphatic rings. The fourth-order valence-electron chi connectivity index (χ4n) is 1.25. The second kappa shape index (κ2) is 8.75. The number of hydrogen-bond acceptors (Lipinski definition) is 1. The van der Waals surface area contributed by atoms with Crippen molar-refractivity contribution in [1.29, 1.82) is 0 Å². The molecular weight excluding hydrogens is 331 g/mol. The molecule has 18 heavy (non-hydrogen) atoms. The summed E-state index contributed by atoms with van der Waals surface area (Å²) in [7, 11) is 0. The summed E-state index contributed by atoms with van der Waals surface area (Å²) in [5.41, 5.74) is 0.933. The Labute approximate surface area is 137 Å². The molecule has 0 heterocycles. The van der Waals surface area contributed by atoms with Gasteiger partial charge in [0.05, 0.1) is 11.6 Å². The van der Waals surface area contributed by atoms with E-state index in [1.807, 2.05) is 24.3 Å². The predicted molar refractivity (Wildman–Crippen MR) is 66.8 cm³/mol. The van der Waals surface area contributed by atoms with Crippen LogP contribution in [0.5, 0.6) is 5.75 Å². The number of hydrogen-bond donors (Lipinski definition) is 0. The SMILES string of the molecule is Fc1ccc(OCc2[c-]cccc2)cc1Cl.[Br-].[Mg+2]. The molecule has 0 aliphatic heterocycles. The van der Waals surface area contributed by atoms with Gasteiger partial charge in [-0.3, -0.25) is 0 Å². The Morgan fingerprint density at radius 1 is 1.22 bits per heavy atom. The van der Waals surface area contributed by atoms with Crippen molar-refractivity contribution < 1.29 is 26.1 Å². The van der Waals surface area contributed by atoms with Gasteiger partial charge in [0, 0.05) is 6.07 Å². The summed E-state index contributed by atoms with van der Waals surface area (Å²) in [6.45, 7) is 0.392. The molecule has 0 aromatic heterocycles. The molecule has 0 fully saturated rings. The van der Waals surface area contributed by atoms with Gasteiger partial charge in [0.25, 0.3) is 0 Å². The van der Waals surface area contributed by atoms with Crippen molar-refractivity contribution >= 4 is 34.7 Å². The van der Waals surface area contributed by atoms with Crippen molar-refractivity contribution in [3.05, 3.63) is 64.9 Å². The summed E-state index contributed by atoms with van der Waals surface area (Å²) in [4.78, 5) is 0. The topological polar surface area (TPSA) is 9.23 Å². The molecule has 90 valence electrons. The van der Waals surface area contributed by atoms with Gasteiger partial charge in [-0.2, -0.15) is 30.3 Å². The third kappa shape index (κ3) is 5.14. The van der Waals surface area contributed by atoms with E-state index in [-0.39, 0.29) is 45.1 Å². The second-order valence-electron chi connectivity index (χ2n) is 3.25. The number of ether oxygens (including phenoxy) is 1. The maximum absolute atomic E-state index is 12.9. The minimum Gasteiger partial charge on any atom is -1.00 e. The van der Waals surface area contributed by atoms with E-state index >= 15 is 0 Å². The first kappa shape index (κ1) is 17.7. The van der Waals surface area contributed by atoms with Crippen molar-refractivity contribution in [2.45, 2.75) is 6.61 Å². The minimum atomic E-state index is -0.444. The Hall–Kier alpha value is -0.294. The van der Waals surface area contributed by atoms with E-state index in [0.29, 0.717) is 12.4 Å². The zero-order valence-electron chi connectivity index (χ0n) is 9.50. The van der Waals surface area contributed by atoms with Crippen LogP contribution in [-0.2, 0) is 6.61 Å². The molecule has 0 spiro atoms. The van der Waals surface area contributed by atoms with E-state index in [9.17, 15) is 4.39 Å². The van der Waals surface area contributed by atoms with Gasteiger partial charge in [-0.15, -0.1) is 5.56 Å². The second-order valence-corrected chi connectivity index (χ2v) is 3.66. The molecule has 0 bridgehead atoms.